The topological polar surface area (TPSA) is 77.0 Å². The third-order valence-corrected chi connectivity index (χ3v) is 3.98. The molecule has 25 heavy (non-hydrogen) atoms. The van der Waals surface area contributed by atoms with E-state index in [9.17, 15) is 4.79 Å². The van der Waals surface area contributed by atoms with Crippen molar-refractivity contribution in [3.05, 3.63) is 45.9 Å². The maximum atomic E-state index is 11.2. The third-order valence-electron chi connectivity index (χ3n) is 3.52. The van der Waals surface area contributed by atoms with Gasteiger partial charge >= 0.3 is 5.97 Å². The van der Waals surface area contributed by atoms with Gasteiger partial charge in [0, 0.05) is 16.6 Å². The number of carbonyl (C=O) groups is 1. The molecule has 2 aromatic rings. The van der Waals surface area contributed by atoms with Crippen molar-refractivity contribution in [3.8, 4) is 17.2 Å². The Morgan fingerprint density at radius 2 is 1.88 bits per heavy atom. The molecule has 0 saturated carbocycles. The Kier molecular flexibility index (Phi) is 6.52. The lowest BCUT2D eigenvalue weighted by Gasteiger charge is -2.17. The quantitative estimate of drug-likeness (QED) is 0.680. The number of nitrogens with one attached hydrogen (secondary N) is 1. The highest BCUT2D eigenvalue weighted by atomic mass is 79.9. The number of hydrogen-bond acceptors (Lipinski definition) is 5. The molecule has 2 rings (SSSR count). The third kappa shape index (κ3) is 4.57. The maximum absolute atomic E-state index is 11.2. The van der Waals surface area contributed by atoms with Crippen molar-refractivity contribution >= 4 is 27.6 Å². The minimum atomic E-state index is -0.996. The fourth-order valence-corrected chi connectivity index (χ4v) is 2.87. The van der Waals surface area contributed by atoms with Gasteiger partial charge in [0.25, 0.3) is 0 Å². The lowest BCUT2D eigenvalue weighted by Crippen LogP contribution is -2.07. The molecular weight excluding hydrogens is 390 g/mol. The summed E-state index contributed by atoms with van der Waals surface area (Å²) >= 11 is 3.46. The molecule has 0 amide bonds. The van der Waals surface area contributed by atoms with E-state index in [0.29, 0.717) is 36.1 Å². The van der Waals surface area contributed by atoms with Crippen LogP contribution in [0.3, 0.4) is 0 Å². The summed E-state index contributed by atoms with van der Waals surface area (Å²) in [5.74, 6) is 0.836. The Labute approximate surface area is 154 Å². The summed E-state index contributed by atoms with van der Waals surface area (Å²) in [6, 6.07) is 8.42. The Hall–Kier alpha value is -2.41. The Morgan fingerprint density at radius 3 is 2.48 bits per heavy atom. The van der Waals surface area contributed by atoms with Crippen LogP contribution < -0.4 is 19.5 Å². The highest BCUT2D eigenvalue weighted by Crippen LogP contribution is 2.36. The van der Waals surface area contributed by atoms with Crippen molar-refractivity contribution in [1.82, 2.24) is 0 Å². The SMILES string of the molecule is CCOc1c(CNc2cc(C(=O)O)ccc2OC)cc(Br)cc1OC. The highest BCUT2D eigenvalue weighted by Gasteiger charge is 2.14. The van der Waals surface area contributed by atoms with E-state index in [2.05, 4.69) is 21.2 Å². The molecule has 7 heteroatoms. The van der Waals surface area contributed by atoms with Gasteiger partial charge in [0.1, 0.15) is 5.75 Å². The second-order valence-corrected chi connectivity index (χ2v) is 6.02. The van der Waals surface area contributed by atoms with E-state index in [1.165, 1.54) is 19.2 Å². The number of carboxylic acids is 1. The van der Waals surface area contributed by atoms with Crippen LogP contribution in [0.1, 0.15) is 22.8 Å². The van der Waals surface area contributed by atoms with Gasteiger partial charge in [0.15, 0.2) is 11.5 Å². The summed E-state index contributed by atoms with van der Waals surface area (Å²) < 4.78 is 17.2. The molecule has 0 aliphatic carbocycles. The van der Waals surface area contributed by atoms with E-state index >= 15 is 0 Å². The fourth-order valence-electron chi connectivity index (χ4n) is 2.38. The van der Waals surface area contributed by atoms with Crippen molar-refractivity contribution in [2.45, 2.75) is 13.5 Å². The Bertz CT molecular complexity index is 763. The second-order valence-electron chi connectivity index (χ2n) is 5.10. The number of ether oxygens (including phenoxy) is 3. The number of carboxylic acid groups (broad SMARTS) is 1. The van der Waals surface area contributed by atoms with E-state index in [1.54, 1.807) is 13.2 Å². The fraction of sp³-hybridized carbons (Fsp3) is 0.278. The zero-order valence-corrected chi connectivity index (χ0v) is 15.8. The normalized spacial score (nSPS) is 10.2. The van der Waals surface area contributed by atoms with Crippen LogP contribution in [0.15, 0.2) is 34.8 Å². The van der Waals surface area contributed by atoms with Gasteiger partial charge in [-0.3, -0.25) is 0 Å². The molecule has 0 aliphatic rings. The predicted molar refractivity (Wildman–Crippen MR) is 99.1 cm³/mol. The predicted octanol–water partition coefficient (Wildman–Crippen LogP) is 4.18. The van der Waals surface area contributed by atoms with Crippen LogP contribution in [0.4, 0.5) is 5.69 Å². The van der Waals surface area contributed by atoms with Gasteiger partial charge in [-0.25, -0.2) is 4.79 Å². The first-order valence-corrected chi connectivity index (χ1v) is 8.43. The van der Waals surface area contributed by atoms with E-state index in [4.69, 9.17) is 19.3 Å². The van der Waals surface area contributed by atoms with Gasteiger partial charge in [-0.1, -0.05) is 15.9 Å². The molecule has 134 valence electrons. The molecule has 6 nitrogen and oxygen atoms in total. The minimum absolute atomic E-state index is 0.181. The van der Waals surface area contributed by atoms with E-state index in [-0.39, 0.29) is 5.56 Å². The van der Waals surface area contributed by atoms with Gasteiger partial charge in [-0.15, -0.1) is 0 Å². The van der Waals surface area contributed by atoms with Crippen molar-refractivity contribution in [3.63, 3.8) is 0 Å². The average Bonchev–Trinajstić information content (AvgIpc) is 2.61. The van der Waals surface area contributed by atoms with Crippen LogP contribution in [0, 0.1) is 0 Å². The smallest absolute Gasteiger partial charge is 0.335 e. The van der Waals surface area contributed by atoms with Crippen LogP contribution in [-0.2, 0) is 6.54 Å². The molecule has 0 radical (unpaired) electrons. The van der Waals surface area contributed by atoms with E-state index in [1.807, 2.05) is 19.1 Å². The van der Waals surface area contributed by atoms with Crippen molar-refractivity contribution < 1.29 is 24.1 Å². The van der Waals surface area contributed by atoms with Gasteiger partial charge in [-0.05, 0) is 37.3 Å². The first-order valence-electron chi connectivity index (χ1n) is 7.64. The molecule has 0 aliphatic heterocycles. The van der Waals surface area contributed by atoms with Gasteiger partial charge < -0.3 is 24.6 Å². The molecule has 0 heterocycles. The van der Waals surface area contributed by atoms with Crippen LogP contribution in [-0.4, -0.2) is 31.9 Å². The molecule has 0 aromatic heterocycles. The first-order chi connectivity index (χ1) is 12.0. The zero-order valence-electron chi connectivity index (χ0n) is 14.3. The number of hydrogen-bond donors (Lipinski definition) is 2. The van der Waals surface area contributed by atoms with Gasteiger partial charge in [0.2, 0.25) is 0 Å². The zero-order chi connectivity index (χ0) is 18.4. The highest BCUT2D eigenvalue weighted by molar-refractivity contribution is 9.10. The number of benzene rings is 2. The largest absolute Gasteiger partial charge is 0.495 e. The summed E-state index contributed by atoms with van der Waals surface area (Å²) in [6.45, 7) is 2.81. The molecule has 0 unspecified atom stereocenters. The molecule has 0 atom stereocenters. The number of rotatable bonds is 8. The number of anilines is 1. The molecule has 0 fully saturated rings. The lowest BCUT2D eigenvalue weighted by molar-refractivity contribution is 0.0697. The second kappa shape index (κ2) is 8.62. The minimum Gasteiger partial charge on any atom is -0.495 e. The van der Waals surface area contributed by atoms with Gasteiger partial charge in [-0.2, -0.15) is 0 Å². The van der Waals surface area contributed by atoms with E-state index in [0.717, 1.165) is 10.0 Å². The van der Waals surface area contributed by atoms with Crippen molar-refractivity contribution in [2.75, 3.05) is 26.1 Å². The van der Waals surface area contributed by atoms with Crippen LogP contribution in [0.5, 0.6) is 17.2 Å². The molecular formula is C18H20BrNO5. The molecule has 0 bridgehead atoms. The molecule has 2 aromatic carbocycles. The lowest BCUT2D eigenvalue weighted by atomic mass is 10.1. The summed E-state index contributed by atoms with van der Waals surface area (Å²) in [4.78, 5) is 11.2. The summed E-state index contributed by atoms with van der Waals surface area (Å²) in [5, 5.41) is 12.4. The Morgan fingerprint density at radius 1 is 1.16 bits per heavy atom. The van der Waals surface area contributed by atoms with Crippen molar-refractivity contribution in [2.24, 2.45) is 0 Å². The Balaban J connectivity index is 2.33. The maximum Gasteiger partial charge on any atom is 0.335 e. The number of methoxy groups -OCH3 is 2. The van der Waals surface area contributed by atoms with E-state index < -0.39 is 5.97 Å². The van der Waals surface area contributed by atoms with Gasteiger partial charge in [0.05, 0.1) is 32.1 Å². The average molecular weight is 410 g/mol. The van der Waals surface area contributed by atoms with Crippen LogP contribution in [0.25, 0.3) is 0 Å². The monoisotopic (exact) mass is 409 g/mol. The standard InChI is InChI=1S/C18H20BrNO5/c1-4-25-17-12(7-13(19)9-16(17)24-3)10-20-14-8-11(18(21)22)5-6-15(14)23-2/h5-9,20H,4,10H2,1-3H3,(H,21,22). The number of aromatic carboxylic acids is 1. The molecule has 0 saturated heterocycles. The van der Waals surface area contributed by atoms with Crippen LogP contribution in [0.2, 0.25) is 0 Å². The van der Waals surface area contributed by atoms with Crippen LogP contribution >= 0.6 is 15.9 Å². The molecule has 0 spiro atoms. The molecule has 2 N–H and O–H groups in total. The summed E-state index contributed by atoms with van der Waals surface area (Å²) in [7, 11) is 3.12. The van der Waals surface area contributed by atoms with Crippen molar-refractivity contribution in [1.29, 1.82) is 0 Å². The first kappa shape index (κ1) is 18.9. The summed E-state index contributed by atoms with van der Waals surface area (Å²) in [6.07, 6.45) is 0. The summed E-state index contributed by atoms with van der Waals surface area (Å²) in [5.41, 5.74) is 1.64. The number of halogens is 1.